The van der Waals surface area contributed by atoms with E-state index >= 15 is 0 Å². The molecule has 0 aliphatic heterocycles. The maximum atomic E-state index is 5.10. The zero-order valence-electron chi connectivity index (χ0n) is 15.0. The summed E-state index contributed by atoms with van der Waals surface area (Å²) in [6.45, 7) is 11.4. The monoisotopic (exact) mass is 397 g/mol. The zero-order chi connectivity index (χ0) is 15.7. The van der Waals surface area contributed by atoms with E-state index in [0.29, 0.717) is 0 Å². The van der Waals surface area contributed by atoms with E-state index in [-0.39, 0.29) is 0 Å². The molecule has 0 aliphatic carbocycles. The molecule has 0 saturated carbocycles. The summed E-state index contributed by atoms with van der Waals surface area (Å²) in [5.74, 6) is 0. The van der Waals surface area contributed by atoms with Gasteiger partial charge in [0.1, 0.15) is 0 Å². The van der Waals surface area contributed by atoms with E-state index in [1.807, 2.05) is 0 Å². The number of aromatic nitrogens is 1. The van der Waals surface area contributed by atoms with Gasteiger partial charge < -0.3 is 0 Å². The summed E-state index contributed by atoms with van der Waals surface area (Å²) in [5, 5.41) is 0. The van der Waals surface area contributed by atoms with Gasteiger partial charge in [0.25, 0.3) is 0 Å². The Morgan fingerprint density at radius 3 is 1.67 bits per heavy atom. The molecule has 0 aliphatic rings. The molecule has 0 bridgehead atoms. The van der Waals surface area contributed by atoms with Gasteiger partial charge >= 0.3 is 137 Å². The first-order valence-electron chi connectivity index (χ1n) is 9.04. The molecule has 0 amide bonds. The second-order valence-corrected chi connectivity index (χ2v) is 19.7. The van der Waals surface area contributed by atoms with Gasteiger partial charge in [0, 0.05) is 0 Å². The summed E-state index contributed by atoms with van der Waals surface area (Å²) < 4.78 is 6.12. The first kappa shape index (κ1) is 19.0. The van der Waals surface area contributed by atoms with Crippen LogP contribution < -0.4 is 3.71 Å². The molecule has 0 saturated heterocycles. The Balaban J connectivity index is 3.12. The van der Waals surface area contributed by atoms with Crippen LogP contribution in [0.5, 0.6) is 0 Å². The predicted molar refractivity (Wildman–Crippen MR) is 98.2 cm³/mol. The van der Waals surface area contributed by atoms with Gasteiger partial charge in [-0.3, -0.25) is 0 Å². The quantitative estimate of drug-likeness (QED) is 0.459. The van der Waals surface area contributed by atoms with Crippen molar-refractivity contribution in [1.29, 1.82) is 0 Å². The molecule has 1 aromatic rings. The number of unbranched alkanes of at least 4 members (excludes halogenated alkanes) is 3. The average molecular weight is 396 g/mol. The van der Waals surface area contributed by atoms with Crippen molar-refractivity contribution in [1.82, 2.24) is 4.98 Å². The van der Waals surface area contributed by atoms with Crippen LogP contribution in [0.2, 0.25) is 13.3 Å². The van der Waals surface area contributed by atoms with Crippen molar-refractivity contribution >= 4 is 22.1 Å². The van der Waals surface area contributed by atoms with Crippen LogP contribution in [0, 0.1) is 13.8 Å². The summed E-state index contributed by atoms with van der Waals surface area (Å²) in [4.78, 5) is 5.10. The summed E-state index contributed by atoms with van der Waals surface area (Å²) in [5.41, 5.74) is 2.61. The normalized spacial score (nSPS) is 11.9. The van der Waals surface area contributed by atoms with Crippen molar-refractivity contribution in [3.05, 3.63) is 23.4 Å². The molecule has 0 atom stereocenters. The van der Waals surface area contributed by atoms with Gasteiger partial charge in [-0.05, 0) is 0 Å². The molecule has 0 N–H and O–H groups in total. The molecule has 0 spiro atoms. The van der Waals surface area contributed by atoms with E-state index in [1.165, 1.54) is 63.1 Å². The molecule has 120 valence electrons. The molecule has 21 heavy (non-hydrogen) atoms. The third-order valence-corrected chi connectivity index (χ3v) is 20.0. The van der Waals surface area contributed by atoms with Gasteiger partial charge in [-0.25, -0.2) is 0 Å². The Kier molecular flexibility index (Phi) is 8.92. The minimum atomic E-state index is -2.28. The SMILES string of the molecule is CCC[CH2][Sn]([CH2]CCC)([CH2]CCC)[c]1ccc(C)c(C)n1. The second kappa shape index (κ2) is 9.86. The Morgan fingerprint density at radius 2 is 1.29 bits per heavy atom. The van der Waals surface area contributed by atoms with Crippen LogP contribution in [-0.2, 0) is 0 Å². The van der Waals surface area contributed by atoms with E-state index in [1.54, 1.807) is 3.71 Å². The summed E-state index contributed by atoms with van der Waals surface area (Å²) in [7, 11) is 0. The maximum absolute atomic E-state index is 5.10. The van der Waals surface area contributed by atoms with Gasteiger partial charge in [-0.1, -0.05) is 0 Å². The van der Waals surface area contributed by atoms with Crippen molar-refractivity contribution in [3.63, 3.8) is 0 Å². The van der Waals surface area contributed by atoms with E-state index in [0.717, 1.165) is 0 Å². The number of pyridine rings is 1. The molecule has 2 heteroatoms. The van der Waals surface area contributed by atoms with Crippen LogP contribution in [0.4, 0.5) is 0 Å². The molecule has 0 unspecified atom stereocenters. The van der Waals surface area contributed by atoms with Crippen molar-refractivity contribution in [2.24, 2.45) is 0 Å². The third-order valence-electron chi connectivity index (χ3n) is 4.92. The van der Waals surface area contributed by atoms with Crippen molar-refractivity contribution in [2.45, 2.75) is 86.5 Å². The molecule has 1 heterocycles. The van der Waals surface area contributed by atoms with Crippen LogP contribution in [-0.4, -0.2) is 23.4 Å². The Morgan fingerprint density at radius 1 is 0.810 bits per heavy atom. The molecule has 0 fully saturated rings. The van der Waals surface area contributed by atoms with E-state index in [9.17, 15) is 0 Å². The number of hydrogen-bond acceptors (Lipinski definition) is 1. The van der Waals surface area contributed by atoms with E-state index in [2.05, 4.69) is 46.8 Å². The fourth-order valence-electron chi connectivity index (χ4n) is 3.23. The molecule has 0 aromatic carbocycles. The first-order chi connectivity index (χ1) is 10.1. The van der Waals surface area contributed by atoms with Crippen LogP contribution in [0.3, 0.4) is 0 Å². The second-order valence-electron chi connectivity index (χ2n) is 6.69. The zero-order valence-corrected chi connectivity index (χ0v) is 17.8. The first-order valence-corrected chi connectivity index (χ1v) is 16.5. The van der Waals surface area contributed by atoms with Gasteiger partial charge in [0.15, 0.2) is 0 Å². The fraction of sp³-hybridized carbons (Fsp3) is 0.737. The molecular weight excluding hydrogens is 361 g/mol. The van der Waals surface area contributed by atoms with Crippen molar-refractivity contribution in [2.75, 3.05) is 0 Å². The van der Waals surface area contributed by atoms with Crippen LogP contribution in [0.15, 0.2) is 12.1 Å². The van der Waals surface area contributed by atoms with Crippen LogP contribution in [0.25, 0.3) is 0 Å². The van der Waals surface area contributed by atoms with Gasteiger partial charge in [0.05, 0.1) is 0 Å². The summed E-state index contributed by atoms with van der Waals surface area (Å²) >= 11 is -2.28. The topological polar surface area (TPSA) is 12.9 Å². The number of nitrogens with zero attached hydrogens (tertiary/aromatic N) is 1. The molecule has 1 rings (SSSR count). The van der Waals surface area contributed by atoms with E-state index in [4.69, 9.17) is 4.98 Å². The van der Waals surface area contributed by atoms with Gasteiger partial charge in [0.2, 0.25) is 0 Å². The number of aryl methyl sites for hydroxylation is 2. The van der Waals surface area contributed by atoms with Gasteiger partial charge in [-0.2, -0.15) is 0 Å². The predicted octanol–water partition coefficient (Wildman–Crippen LogP) is 5.75. The fourth-order valence-corrected chi connectivity index (χ4v) is 18.8. The van der Waals surface area contributed by atoms with Crippen molar-refractivity contribution in [3.8, 4) is 0 Å². The Bertz CT molecular complexity index is 392. The Hall–Kier alpha value is -0.0513. The van der Waals surface area contributed by atoms with Crippen LogP contribution >= 0.6 is 0 Å². The number of hydrogen-bond donors (Lipinski definition) is 0. The molecule has 0 radical (unpaired) electrons. The molecular formula is C19H35NSn. The molecule has 1 nitrogen and oxygen atoms in total. The average Bonchev–Trinajstić information content (AvgIpc) is 2.50. The van der Waals surface area contributed by atoms with Crippen molar-refractivity contribution < 1.29 is 0 Å². The standard InChI is InChI=1S/C7H8N.3C4H9.Sn/c1-6-4-3-5-8-7(6)2;3*1-3-4-2;/h3-4H,1-2H3;3*1,3-4H2,2H3;. The summed E-state index contributed by atoms with van der Waals surface area (Å²) in [6, 6.07) is 4.73. The minimum absolute atomic E-state index is 1.26. The number of rotatable bonds is 10. The third kappa shape index (κ3) is 5.58. The van der Waals surface area contributed by atoms with Crippen LogP contribution in [0.1, 0.15) is 70.6 Å². The Labute approximate surface area is 136 Å². The summed E-state index contributed by atoms with van der Waals surface area (Å²) in [6.07, 6.45) is 8.25. The van der Waals surface area contributed by atoms with E-state index < -0.39 is 18.4 Å². The van der Waals surface area contributed by atoms with Gasteiger partial charge in [-0.15, -0.1) is 0 Å². The molecule has 1 aromatic heterocycles.